The van der Waals surface area contributed by atoms with E-state index in [1.807, 2.05) is 59.2 Å². The fourth-order valence-corrected chi connectivity index (χ4v) is 3.92. The van der Waals surface area contributed by atoms with E-state index >= 15 is 0 Å². The van der Waals surface area contributed by atoms with Crippen LogP contribution in [0.1, 0.15) is 6.42 Å². The van der Waals surface area contributed by atoms with Crippen molar-refractivity contribution in [3.8, 4) is 22.8 Å². The molecule has 9 heteroatoms. The Morgan fingerprint density at radius 3 is 2.48 bits per heavy atom. The van der Waals surface area contributed by atoms with Gasteiger partial charge >= 0.3 is 0 Å². The van der Waals surface area contributed by atoms with Crippen LogP contribution >= 0.6 is 11.8 Å². The zero-order valence-corrected chi connectivity index (χ0v) is 18.7. The molecule has 2 aromatic heterocycles. The molecule has 2 heterocycles. The highest BCUT2D eigenvalue weighted by atomic mass is 32.2. The molecule has 0 aliphatic carbocycles. The average molecular weight is 460 g/mol. The van der Waals surface area contributed by atoms with Gasteiger partial charge in [-0.3, -0.25) is 19.1 Å². The molecule has 0 bridgehead atoms. The maximum Gasteiger partial charge on any atom is 0.231 e. The van der Waals surface area contributed by atoms with Gasteiger partial charge in [-0.15, -0.1) is 10.2 Å². The van der Waals surface area contributed by atoms with Gasteiger partial charge in [-0.25, -0.2) is 0 Å². The molecule has 4 rings (SSSR count). The Labute approximate surface area is 195 Å². The highest BCUT2D eigenvalue weighted by Gasteiger charge is 2.18. The number of Topliss-reactive ketones (excluding diaryl/α,β-unsaturated/α-hetero) is 1. The lowest BCUT2D eigenvalue weighted by Gasteiger charge is -2.11. The molecule has 0 radical (unpaired) electrons. The number of hydrogen-bond acceptors (Lipinski definition) is 7. The molecule has 166 valence electrons. The van der Waals surface area contributed by atoms with Gasteiger partial charge in [-0.1, -0.05) is 30.0 Å². The van der Waals surface area contributed by atoms with Gasteiger partial charge in [0.05, 0.1) is 19.3 Å². The van der Waals surface area contributed by atoms with Crippen molar-refractivity contribution < 1.29 is 14.3 Å². The summed E-state index contributed by atoms with van der Waals surface area (Å²) in [5, 5.41) is 11.9. The summed E-state index contributed by atoms with van der Waals surface area (Å²) in [6.07, 6.45) is 3.18. The Hall–Kier alpha value is -3.98. The maximum absolute atomic E-state index is 12.5. The van der Waals surface area contributed by atoms with Crippen LogP contribution in [0.3, 0.4) is 0 Å². The van der Waals surface area contributed by atoms with Crippen molar-refractivity contribution in [3.63, 3.8) is 0 Å². The number of nitrogens with one attached hydrogen (secondary N) is 1. The predicted molar refractivity (Wildman–Crippen MR) is 127 cm³/mol. The number of para-hydroxylation sites is 1. The molecule has 0 aliphatic rings. The second-order valence-electron chi connectivity index (χ2n) is 7.00. The number of ether oxygens (including phenoxy) is 1. The molecule has 0 saturated heterocycles. The van der Waals surface area contributed by atoms with Gasteiger partial charge in [0.2, 0.25) is 5.91 Å². The number of aromatic nitrogens is 4. The second kappa shape index (κ2) is 10.6. The van der Waals surface area contributed by atoms with Crippen LogP contribution in [0, 0.1) is 0 Å². The number of nitrogens with zero attached hydrogens (tertiary/aromatic N) is 4. The summed E-state index contributed by atoms with van der Waals surface area (Å²) in [5.41, 5.74) is 2.26. The zero-order chi connectivity index (χ0) is 23.0. The van der Waals surface area contributed by atoms with Gasteiger partial charge in [0.1, 0.15) is 5.75 Å². The van der Waals surface area contributed by atoms with Crippen molar-refractivity contribution in [2.24, 2.45) is 0 Å². The first kappa shape index (κ1) is 22.2. The monoisotopic (exact) mass is 459 g/mol. The smallest absolute Gasteiger partial charge is 0.231 e. The third-order valence-corrected chi connectivity index (χ3v) is 5.65. The minimum Gasteiger partial charge on any atom is -0.497 e. The molecule has 0 unspecified atom stereocenters. The second-order valence-corrected chi connectivity index (χ2v) is 7.94. The number of pyridine rings is 1. The SMILES string of the molecule is COc1ccc(-n2c(SCC(=O)CC(=O)Nc3ccccc3)nnc2-c2cccnc2)cc1. The number of amides is 1. The van der Waals surface area contributed by atoms with E-state index in [2.05, 4.69) is 20.5 Å². The third kappa shape index (κ3) is 5.64. The van der Waals surface area contributed by atoms with Crippen LogP contribution in [0.25, 0.3) is 17.1 Å². The normalized spacial score (nSPS) is 10.6. The van der Waals surface area contributed by atoms with Crippen LogP contribution in [-0.4, -0.2) is 44.3 Å². The first-order valence-corrected chi connectivity index (χ1v) is 11.1. The largest absolute Gasteiger partial charge is 0.497 e. The molecule has 4 aromatic rings. The summed E-state index contributed by atoms with van der Waals surface area (Å²) in [6, 6.07) is 20.2. The predicted octanol–water partition coefficient (Wildman–Crippen LogP) is 4.03. The molecule has 0 spiro atoms. The quantitative estimate of drug-likeness (QED) is 0.298. The third-order valence-electron chi connectivity index (χ3n) is 4.66. The maximum atomic E-state index is 12.5. The molecule has 2 aromatic carbocycles. The average Bonchev–Trinajstić information content (AvgIpc) is 3.28. The van der Waals surface area contributed by atoms with E-state index in [1.54, 1.807) is 31.6 Å². The molecule has 33 heavy (non-hydrogen) atoms. The van der Waals surface area contributed by atoms with Gasteiger partial charge in [0, 0.05) is 29.3 Å². The number of methoxy groups -OCH3 is 1. The number of carbonyl (C=O) groups excluding carboxylic acids is 2. The van der Waals surface area contributed by atoms with Crippen LogP contribution in [0.5, 0.6) is 5.75 Å². The van der Waals surface area contributed by atoms with Gasteiger partial charge in [0.15, 0.2) is 16.8 Å². The van der Waals surface area contributed by atoms with Crippen LogP contribution in [-0.2, 0) is 9.59 Å². The summed E-state index contributed by atoms with van der Waals surface area (Å²) in [5.74, 6) is 0.859. The van der Waals surface area contributed by atoms with E-state index < -0.39 is 0 Å². The summed E-state index contributed by atoms with van der Waals surface area (Å²) in [6.45, 7) is 0. The van der Waals surface area contributed by atoms with Crippen molar-refractivity contribution >= 4 is 29.1 Å². The number of ketones is 1. The summed E-state index contributed by atoms with van der Waals surface area (Å²) in [7, 11) is 1.61. The first-order valence-electron chi connectivity index (χ1n) is 10.1. The number of carbonyl (C=O) groups is 2. The van der Waals surface area contributed by atoms with Crippen molar-refractivity contribution in [2.45, 2.75) is 11.6 Å². The van der Waals surface area contributed by atoms with Gasteiger partial charge in [-0.05, 0) is 48.5 Å². The van der Waals surface area contributed by atoms with Crippen molar-refractivity contribution in [3.05, 3.63) is 79.1 Å². The lowest BCUT2D eigenvalue weighted by atomic mass is 10.2. The van der Waals surface area contributed by atoms with Gasteiger partial charge in [0.25, 0.3) is 0 Å². The van der Waals surface area contributed by atoms with Gasteiger partial charge in [-0.2, -0.15) is 0 Å². The van der Waals surface area contributed by atoms with Gasteiger partial charge < -0.3 is 10.1 Å². The standard InChI is InChI=1S/C24H21N5O3S/c1-32-21-11-9-19(10-12-21)29-23(17-6-5-13-25-15-17)27-28-24(29)33-16-20(30)14-22(31)26-18-7-3-2-4-8-18/h2-13,15H,14,16H2,1H3,(H,26,31). The Kier molecular flexibility index (Phi) is 7.11. The number of rotatable bonds is 9. The van der Waals surface area contributed by atoms with Crippen molar-refractivity contribution in [1.82, 2.24) is 19.7 Å². The van der Waals surface area contributed by atoms with E-state index in [4.69, 9.17) is 4.74 Å². The molecule has 0 fully saturated rings. The molecular formula is C24H21N5O3S. The minimum absolute atomic E-state index is 0.0868. The molecule has 0 atom stereocenters. The fraction of sp³-hybridized carbons (Fsp3) is 0.125. The molecule has 1 amide bonds. The number of benzene rings is 2. The lowest BCUT2D eigenvalue weighted by Crippen LogP contribution is -2.17. The number of anilines is 1. The molecule has 1 N–H and O–H groups in total. The summed E-state index contributed by atoms with van der Waals surface area (Å²) in [4.78, 5) is 28.8. The Balaban J connectivity index is 1.50. The van der Waals surface area contributed by atoms with E-state index in [1.165, 1.54) is 11.8 Å². The number of thioether (sulfide) groups is 1. The topological polar surface area (TPSA) is 99.0 Å². The molecule has 0 aliphatic heterocycles. The first-order chi connectivity index (χ1) is 16.1. The van der Waals surface area contributed by atoms with E-state index in [9.17, 15) is 9.59 Å². The molecular weight excluding hydrogens is 438 g/mol. The van der Waals surface area contributed by atoms with E-state index in [0.29, 0.717) is 16.7 Å². The van der Waals surface area contributed by atoms with Crippen molar-refractivity contribution in [1.29, 1.82) is 0 Å². The number of hydrogen-bond donors (Lipinski definition) is 1. The van der Waals surface area contributed by atoms with E-state index in [-0.39, 0.29) is 23.9 Å². The highest BCUT2D eigenvalue weighted by molar-refractivity contribution is 7.99. The van der Waals surface area contributed by atoms with Crippen LogP contribution in [0.2, 0.25) is 0 Å². The zero-order valence-electron chi connectivity index (χ0n) is 17.8. The van der Waals surface area contributed by atoms with Crippen LogP contribution in [0.4, 0.5) is 5.69 Å². The molecule has 8 nitrogen and oxygen atoms in total. The highest BCUT2D eigenvalue weighted by Crippen LogP contribution is 2.28. The Morgan fingerprint density at radius 1 is 1.00 bits per heavy atom. The Bertz CT molecular complexity index is 1230. The lowest BCUT2D eigenvalue weighted by molar-refractivity contribution is -0.123. The van der Waals surface area contributed by atoms with E-state index in [0.717, 1.165) is 17.0 Å². The molecule has 0 saturated carbocycles. The van der Waals surface area contributed by atoms with Crippen molar-refractivity contribution in [2.75, 3.05) is 18.2 Å². The minimum atomic E-state index is -0.348. The van der Waals surface area contributed by atoms with Crippen LogP contribution < -0.4 is 10.1 Å². The Morgan fingerprint density at radius 2 is 1.79 bits per heavy atom. The summed E-state index contributed by atoms with van der Waals surface area (Å²) < 4.78 is 7.11. The summed E-state index contributed by atoms with van der Waals surface area (Å²) >= 11 is 1.23. The van der Waals surface area contributed by atoms with Crippen LogP contribution in [0.15, 0.2) is 84.3 Å². The fourth-order valence-electron chi connectivity index (χ4n) is 3.11.